The quantitative estimate of drug-likeness (QED) is 0.709. The summed E-state index contributed by atoms with van der Waals surface area (Å²) in [6.45, 7) is 3.31. The van der Waals surface area contributed by atoms with Crippen molar-refractivity contribution in [3.05, 3.63) is 41.1 Å². The van der Waals surface area contributed by atoms with Gasteiger partial charge in [-0.15, -0.1) is 0 Å². The van der Waals surface area contributed by atoms with Gasteiger partial charge in [-0.05, 0) is 32.1 Å². The molecule has 1 aromatic rings. The Labute approximate surface area is 111 Å². The summed E-state index contributed by atoms with van der Waals surface area (Å²) in [7, 11) is 0. The van der Waals surface area contributed by atoms with Crippen LogP contribution in [-0.2, 0) is 4.79 Å². The molecule has 3 N–H and O–H groups in total. The van der Waals surface area contributed by atoms with Crippen LogP contribution >= 0.6 is 12.2 Å². The van der Waals surface area contributed by atoms with Gasteiger partial charge in [-0.1, -0.05) is 18.2 Å². The number of hydrogen-bond acceptors (Lipinski definition) is 3. The number of thiocarbonyl (C=S) groups is 1. The van der Waals surface area contributed by atoms with Crippen molar-refractivity contribution in [3.63, 3.8) is 0 Å². The Kier molecular flexibility index (Phi) is 3.34. The molecule has 0 unspecified atom stereocenters. The average Bonchev–Trinajstić information content (AvgIpc) is 2.27. The molecule has 2 rings (SSSR count). The Balaban J connectivity index is 2.54. The number of phenols is 1. The zero-order valence-electron chi connectivity index (χ0n) is 10.2. The van der Waals surface area contributed by atoms with Crippen molar-refractivity contribution in [2.24, 2.45) is 0 Å². The van der Waals surface area contributed by atoms with E-state index in [4.69, 9.17) is 12.2 Å². The van der Waals surface area contributed by atoms with Crippen molar-refractivity contribution >= 4 is 23.1 Å². The topological polar surface area (TPSA) is 61.4 Å². The number of carbonyl (C=O) groups is 1. The molecule has 4 nitrogen and oxygen atoms in total. The zero-order valence-corrected chi connectivity index (χ0v) is 11.0. The van der Waals surface area contributed by atoms with Crippen molar-refractivity contribution in [3.8, 4) is 5.75 Å². The molecule has 0 radical (unpaired) electrons. The fraction of sp³-hybridized carbons (Fsp3) is 0.231. The van der Waals surface area contributed by atoms with E-state index in [0.717, 1.165) is 5.70 Å². The van der Waals surface area contributed by atoms with E-state index in [0.29, 0.717) is 16.2 Å². The molecule has 0 spiro atoms. The Morgan fingerprint density at radius 3 is 2.67 bits per heavy atom. The first kappa shape index (κ1) is 12.6. The molecule has 0 saturated carbocycles. The molecule has 1 atom stereocenters. The van der Waals surface area contributed by atoms with Crippen molar-refractivity contribution in [1.82, 2.24) is 10.6 Å². The van der Waals surface area contributed by atoms with Crippen molar-refractivity contribution in [1.29, 1.82) is 0 Å². The first-order valence-electron chi connectivity index (χ1n) is 5.58. The van der Waals surface area contributed by atoms with Crippen molar-refractivity contribution in [2.45, 2.75) is 19.9 Å². The SMILES string of the molecule is CC(=O)C1=C(C)NC(=S)N[C@H]1c1ccccc1O. The van der Waals surface area contributed by atoms with Crippen LogP contribution in [0.5, 0.6) is 5.75 Å². The summed E-state index contributed by atoms with van der Waals surface area (Å²) in [5, 5.41) is 16.3. The lowest BCUT2D eigenvalue weighted by atomic mass is 9.92. The van der Waals surface area contributed by atoms with Gasteiger partial charge in [0.25, 0.3) is 0 Å². The van der Waals surface area contributed by atoms with E-state index in [1.54, 1.807) is 25.1 Å². The van der Waals surface area contributed by atoms with Crippen LogP contribution in [0, 0.1) is 0 Å². The predicted octanol–water partition coefficient (Wildman–Crippen LogP) is 1.77. The summed E-state index contributed by atoms with van der Waals surface area (Å²) in [4.78, 5) is 11.7. The molecule has 0 amide bonds. The van der Waals surface area contributed by atoms with Crippen LogP contribution in [0.25, 0.3) is 0 Å². The number of carbonyl (C=O) groups excluding carboxylic acids is 1. The maximum absolute atomic E-state index is 11.7. The van der Waals surface area contributed by atoms with E-state index in [1.165, 1.54) is 6.92 Å². The van der Waals surface area contributed by atoms with Gasteiger partial charge >= 0.3 is 0 Å². The lowest BCUT2D eigenvalue weighted by Gasteiger charge is -2.30. The van der Waals surface area contributed by atoms with Crippen LogP contribution in [0.3, 0.4) is 0 Å². The second-order valence-corrected chi connectivity index (χ2v) is 4.59. The maximum atomic E-state index is 11.7. The molecule has 0 bridgehead atoms. The number of para-hydroxylation sites is 1. The van der Waals surface area contributed by atoms with E-state index in [2.05, 4.69) is 10.6 Å². The molecule has 1 aromatic carbocycles. The highest BCUT2D eigenvalue weighted by Crippen LogP contribution is 2.32. The van der Waals surface area contributed by atoms with Crippen LogP contribution in [0.2, 0.25) is 0 Å². The Morgan fingerprint density at radius 2 is 2.06 bits per heavy atom. The van der Waals surface area contributed by atoms with E-state index in [-0.39, 0.29) is 11.5 Å². The van der Waals surface area contributed by atoms with Gasteiger partial charge in [-0.25, -0.2) is 0 Å². The lowest BCUT2D eigenvalue weighted by Crippen LogP contribution is -2.44. The molecule has 18 heavy (non-hydrogen) atoms. The lowest BCUT2D eigenvalue weighted by molar-refractivity contribution is -0.114. The van der Waals surface area contributed by atoms with Crippen LogP contribution in [0.1, 0.15) is 25.5 Å². The van der Waals surface area contributed by atoms with E-state index in [1.807, 2.05) is 6.07 Å². The molecule has 0 aliphatic carbocycles. The second-order valence-electron chi connectivity index (χ2n) is 4.19. The number of ketones is 1. The van der Waals surface area contributed by atoms with Gasteiger partial charge < -0.3 is 15.7 Å². The summed E-state index contributed by atoms with van der Waals surface area (Å²) in [6, 6.07) is 6.51. The standard InChI is InChI=1S/C13H14N2O2S/c1-7-11(8(2)16)12(15-13(18)14-7)9-5-3-4-6-10(9)17/h3-6,12,17H,1-2H3,(H2,14,15,18)/t12-/m0/s1. The summed E-state index contributed by atoms with van der Waals surface area (Å²) in [6.07, 6.45) is 0. The number of benzene rings is 1. The summed E-state index contributed by atoms with van der Waals surface area (Å²) < 4.78 is 0. The van der Waals surface area contributed by atoms with Gasteiger partial charge in [0.1, 0.15) is 5.75 Å². The first-order chi connectivity index (χ1) is 8.50. The predicted molar refractivity (Wildman–Crippen MR) is 73.1 cm³/mol. The van der Waals surface area contributed by atoms with Gasteiger partial charge in [-0.3, -0.25) is 4.79 Å². The van der Waals surface area contributed by atoms with E-state index < -0.39 is 6.04 Å². The molecule has 1 aliphatic heterocycles. The minimum absolute atomic E-state index is 0.0525. The summed E-state index contributed by atoms with van der Waals surface area (Å²) in [5.74, 6) is 0.0921. The zero-order chi connectivity index (χ0) is 13.3. The molecule has 1 heterocycles. The third-order valence-corrected chi connectivity index (χ3v) is 3.12. The number of Topliss-reactive ketones (excluding diaryl/α,β-unsaturated/α-hetero) is 1. The largest absolute Gasteiger partial charge is 0.508 e. The molecule has 0 fully saturated rings. The minimum Gasteiger partial charge on any atom is -0.508 e. The highest BCUT2D eigenvalue weighted by molar-refractivity contribution is 7.80. The first-order valence-corrected chi connectivity index (χ1v) is 5.98. The van der Waals surface area contributed by atoms with Gasteiger partial charge in [-0.2, -0.15) is 0 Å². The fourth-order valence-corrected chi connectivity index (χ4v) is 2.40. The summed E-state index contributed by atoms with van der Waals surface area (Å²) >= 11 is 5.09. The smallest absolute Gasteiger partial charge is 0.171 e. The highest BCUT2D eigenvalue weighted by atomic mass is 32.1. The van der Waals surface area contributed by atoms with Gasteiger partial charge in [0, 0.05) is 16.8 Å². The van der Waals surface area contributed by atoms with E-state index >= 15 is 0 Å². The molecule has 0 saturated heterocycles. The average molecular weight is 262 g/mol. The Bertz CT molecular complexity index is 552. The highest BCUT2D eigenvalue weighted by Gasteiger charge is 2.29. The van der Waals surface area contributed by atoms with Crippen LogP contribution in [-0.4, -0.2) is 16.0 Å². The Morgan fingerprint density at radius 1 is 1.39 bits per heavy atom. The number of nitrogens with one attached hydrogen (secondary N) is 2. The molecular weight excluding hydrogens is 248 g/mol. The number of aromatic hydroxyl groups is 1. The van der Waals surface area contributed by atoms with Gasteiger partial charge in [0.2, 0.25) is 0 Å². The molecule has 94 valence electrons. The monoisotopic (exact) mass is 262 g/mol. The Hall–Kier alpha value is -1.88. The molecule has 1 aliphatic rings. The number of allylic oxidation sites excluding steroid dienone is 1. The number of phenolic OH excluding ortho intramolecular Hbond substituents is 1. The van der Waals surface area contributed by atoms with Gasteiger partial charge in [0.05, 0.1) is 6.04 Å². The van der Waals surface area contributed by atoms with E-state index in [9.17, 15) is 9.90 Å². The summed E-state index contributed by atoms with van der Waals surface area (Å²) in [5.41, 5.74) is 1.95. The minimum atomic E-state index is -0.405. The van der Waals surface area contributed by atoms with Crippen LogP contribution in [0.15, 0.2) is 35.5 Å². The third-order valence-electron chi connectivity index (χ3n) is 2.90. The van der Waals surface area contributed by atoms with Crippen molar-refractivity contribution < 1.29 is 9.90 Å². The second kappa shape index (κ2) is 4.78. The fourth-order valence-electron chi connectivity index (χ4n) is 2.13. The third kappa shape index (κ3) is 2.22. The molecular formula is C13H14N2O2S. The molecule has 0 aromatic heterocycles. The molecule has 5 heteroatoms. The van der Waals surface area contributed by atoms with Crippen LogP contribution in [0.4, 0.5) is 0 Å². The number of hydrogen-bond donors (Lipinski definition) is 3. The number of rotatable bonds is 2. The normalized spacial score (nSPS) is 19.2. The van der Waals surface area contributed by atoms with Crippen molar-refractivity contribution in [2.75, 3.05) is 0 Å². The van der Waals surface area contributed by atoms with Crippen LogP contribution < -0.4 is 10.6 Å². The maximum Gasteiger partial charge on any atom is 0.171 e. The van der Waals surface area contributed by atoms with Gasteiger partial charge in [0.15, 0.2) is 10.9 Å².